The fourth-order valence-corrected chi connectivity index (χ4v) is 2.93. The monoisotopic (exact) mass is 276 g/mol. The Kier molecular flexibility index (Phi) is 5.64. The quantitative estimate of drug-likeness (QED) is 0.804. The van der Waals surface area contributed by atoms with Gasteiger partial charge in [-0.05, 0) is 49.2 Å². The largest absolute Gasteiger partial charge is 0.360 e. The van der Waals surface area contributed by atoms with Crippen LogP contribution in [0.2, 0.25) is 0 Å². The molecule has 1 aliphatic carbocycles. The van der Waals surface area contributed by atoms with E-state index in [0.717, 1.165) is 17.2 Å². The molecule has 1 aliphatic rings. The van der Waals surface area contributed by atoms with Crippen LogP contribution in [0, 0.1) is 0 Å². The molecule has 0 aromatic heterocycles. The smallest absolute Gasteiger partial charge is 0.170 e. The molecular weight excluding hydrogens is 252 g/mol. The molecule has 1 fully saturated rings. The lowest BCUT2D eigenvalue weighted by Gasteiger charge is -2.24. The average molecular weight is 276 g/mol. The minimum atomic E-state index is 0.563. The van der Waals surface area contributed by atoms with Crippen LogP contribution in [0.1, 0.15) is 51.0 Å². The van der Waals surface area contributed by atoms with Gasteiger partial charge in [0.05, 0.1) is 0 Å². The van der Waals surface area contributed by atoms with Crippen LogP contribution in [0.15, 0.2) is 24.3 Å². The Morgan fingerprint density at radius 3 is 2.47 bits per heavy atom. The summed E-state index contributed by atoms with van der Waals surface area (Å²) < 4.78 is 0. The minimum absolute atomic E-state index is 0.563. The number of hydrogen-bond acceptors (Lipinski definition) is 1. The van der Waals surface area contributed by atoms with Crippen molar-refractivity contribution in [3.63, 3.8) is 0 Å². The normalized spacial score (nSPS) is 16.1. The minimum Gasteiger partial charge on any atom is -0.360 e. The van der Waals surface area contributed by atoms with Crippen LogP contribution in [0.4, 0.5) is 5.69 Å². The van der Waals surface area contributed by atoms with Crippen LogP contribution in [0.25, 0.3) is 0 Å². The molecule has 1 aromatic rings. The van der Waals surface area contributed by atoms with E-state index in [-0.39, 0.29) is 0 Å². The first-order valence-electron chi connectivity index (χ1n) is 7.44. The maximum atomic E-state index is 5.38. The molecule has 0 amide bonds. The second-order valence-corrected chi connectivity index (χ2v) is 5.79. The highest BCUT2D eigenvalue weighted by molar-refractivity contribution is 7.80. The van der Waals surface area contributed by atoms with Gasteiger partial charge in [0.2, 0.25) is 0 Å². The van der Waals surface area contributed by atoms with Gasteiger partial charge in [-0.25, -0.2) is 0 Å². The second kappa shape index (κ2) is 7.49. The van der Waals surface area contributed by atoms with Crippen LogP contribution in [0.5, 0.6) is 0 Å². The summed E-state index contributed by atoms with van der Waals surface area (Å²) in [6.07, 6.45) is 8.85. The SMILES string of the molecule is CCCc1ccc(NC(=S)NC2CCCCC2)cc1. The lowest BCUT2D eigenvalue weighted by Crippen LogP contribution is -2.38. The van der Waals surface area contributed by atoms with Crippen molar-refractivity contribution in [2.24, 2.45) is 0 Å². The average Bonchev–Trinajstić information content (AvgIpc) is 2.42. The van der Waals surface area contributed by atoms with Gasteiger partial charge < -0.3 is 10.6 Å². The summed E-state index contributed by atoms with van der Waals surface area (Å²) in [6.45, 7) is 2.20. The molecule has 0 bridgehead atoms. The first-order chi connectivity index (χ1) is 9.28. The topological polar surface area (TPSA) is 24.1 Å². The number of benzene rings is 1. The van der Waals surface area contributed by atoms with E-state index in [2.05, 4.69) is 41.8 Å². The number of thiocarbonyl (C=S) groups is 1. The number of anilines is 1. The van der Waals surface area contributed by atoms with E-state index in [9.17, 15) is 0 Å². The lowest BCUT2D eigenvalue weighted by molar-refractivity contribution is 0.415. The van der Waals surface area contributed by atoms with E-state index >= 15 is 0 Å². The van der Waals surface area contributed by atoms with Crippen LogP contribution in [0.3, 0.4) is 0 Å². The summed E-state index contributed by atoms with van der Waals surface area (Å²) in [5.41, 5.74) is 2.47. The highest BCUT2D eigenvalue weighted by Gasteiger charge is 2.13. The van der Waals surface area contributed by atoms with Crippen LogP contribution >= 0.6 is 12.2 Å². The summed E-state index contributed by atoms with van der Waals surface area (Å²) in [6, 6.07) is 9.14. The Morgan fingerprint density at radius 2 is 1.84 bits per heavy atom. The highest BCUT2D eigenvalue weighted by Crippen LogP contribution is 2.17. The predicted molar refractivity (Wildman–Crippen MR) is 86.7 cm³/mol. The fourth-order valence-electron chi connectivity index (χ4n) is 2.64. The standard InChI is InChI=1S/C16H24N2S/c1-2-6-13-9-11-15(12-10-13)18-16(19)17-14-7-4-3-5-8-14/h9-12,14H,2-8H2,1H3,(H2,17,18,19). The van der Waals surface area contributed by atoms with Crippen molar-refractivity contribution in [3.05, 3.63) is 29.8 Å². The molecule has 0 saturated heterocycles. The molecule has 3 heteroatoms. The molecule has 0 radical (unpaired) electrons. The highest BCUT2D eigenvalue weighted by atomic mass is 32.1. The zero-order chi connectivity index (χ0) is 13.5. The summed E-state index contributed by atoms with van der Waals surface area (Å²) in [7, 11) is 0. The van der Waals surface area contributed by atoms with Crippen LogP contribution in [-0.2, 0) is 6.42 Å². The lowest BCUT2D eigenvalue weighted by atomic mass is 9.96. The number of rotatable bonds is 4. The zero-order valence-corrected chi connectivity index (χ0v) is 12.6. The van der Waals surface area contributed by atoms with Gasteiger partial charge in [0.1, 0.15) is 0 Å². The molecular formula is C16H24N2S. The van der Waals surface area contributed by atoms with Crippen molar-refractivity contribution in [2.45, 2.75) is 57.9 Å². The number of hydrogen-bond donors (Lipinski definition) is 2. The van der Waals surface area contributed by atoms with Gasteiger partial charge in [-0.2, -0.15) is 0 Å². The Balaban J connectivity index is 1.80. The van der Waals surface area contributed by atoms with Gasteiger partial charge in [0, 0.05) is 11.7 Å². The van der Waals surface area contributed by atoms with Crippen molar-refractivity contribution < 1.29 is 0 Å². The molecule has 19 heavy (non-hydrogen) atoms. The second-order valence-electron chi connectivity index (χ2n) is 5.38. The van der Waals surface area contributed by atoms with Crippen molar-refractivity contribution in [1.29, 1.82) is 0 Å². The maximum absolute atomic E-state index is 5.38. The summed E-state index contributed by atoms with van der Waals surface area (Å²) in [5, 5.41) is 7.47. The number of nitrogens with one attached hydrogen (secondary N) is 2. The molecule has 104 valence electrons. The molecule has 0 atom stereocenters. The Labute approximate surface area is 122 Å². The third kappa shape index (κ3) is 4.83. The fraction of sp³-hybridized carbons (Fsp3) is 0.562. The summed E-state index contributed by atoms with van der Waals surface area (Å²) in [4.78, 5) is 0. The van der Waals surface area contributed by atoms with Crippen molar-refractivity contribution in [2.75, 3.05) is 5.32 Å². The summed E-state index contributed by atoms with van der Waals surface area (Å²) >= 11 is 5.38. The number of aryl methyl sites for hydroxylation is 1. The first-order valence-corrected chi connectivity index (χ1v) is 7.85. The van der Waals surface area contributed by atoms with Crippen LogP contribution in [-0.4, -0.2) is 11.2 Å². The van der Waals surface area contributed by atoms with Crippen LogP contribution < -0.4 is 10.6 Å². The van der Waals surface area contributed by atoms with Gasteiger partial charge >= 0.3 is 0 Å². The van der Waals surface area contributed by atoms with Crippen molar-refractivity contribution in [1.82, 2.24) is 5.32 Å². The molecule has 1 saturated carbocycles. The van der Waals surface area contributed by atoms with E-state index in [0.29, 0.717) is 6.04 Å². The van der Waals surface area contributed by atoms with Crippen molar-refractivity contribution in [3.8, 4) is 0 Å². The van der Waals surface area contributed by atoms with E-state index < -0.39 is 0 Å². The molecule has 0 unspecified atom stereocenters. The van der Waals surface area contributed by atoms with Gasteiger partial charge in [0.15, 0.2) is 5.11 Å². The maximum Gasteiger partial charge on any atom is 0.170 e. The Hall–Kier alpha value is -1.09. The summed E-state index contributed by atoms with van der Waals surface area (Å²) in [5.74, 6) is 0. The van der Waals surface area contributed by atoms with Gasteiger partial charge in [0.25, 0.3) is 0 Å². The van der Waals surface area contributed by atoms with Gasteiger partial charge in [-0.15, -0.1) is 0 Å². The Bertz CT molecular complexity index is 394. The molecule has 0 aliphatic heterocycles. The zero-order valence-electron chi connectivity index (χ0n) is 11.7. The van der Waals surface area contributed by atoms with Gasteiger partial charge in [-0.1, -0.05) is 44.7 Å². The molecule has 2 N–H and O–H groups in total. The van der Waals surface area contributed by atoms with Gasteiger partial charge in [-0.3, -0.25) is 0 Å². The molecule has 0 spiro atoms. The van der Waals surface area contributed by atoms with E-state index in [4.69, 9.17) is 12.2 Å². The van der Waals surface area contributed by atoms with Crippen molar-refractivity contribution >= 4 is 23.0 Å². The third-order valence-electron chi connectivity index (χ3n) is 3.69. The van der Waals surface area contributed by atoms with E-state index in [1.807, 2.05) is 0 Å². The Morgan fingerprint density at radius 1 is 1.16 bits per heavy atom. The molecule has 1 aromatic carbocycles. The van der Waals surface area contributed by atoms with E-state index in [1.54, 1.807) is 0 Å². The molecule has 2 nitrogen and oxygen atoms in total. The first kappa shape index (κ1) is 14.3. The molecule has 2 rings (SSSR count). The predicted octanol–water partition coefficient (Wildman–Crippen LogP) is 4.26. The third-order valence-corrected chi connectivity index (χ3v) is 3.91. The van der Waals surface area contributed by atoms with E-state index in [1.165, 1.54) is 44.1 Å². The molecule has 0 heterocycles.